The Balaban J connectivity index is 2.04. The molecule has 0 saturated heterocycles. The first-order valence-electron chi connectivity index (χ1n) is 9.13. The van der Waals surface area contributed by atoms with Crippen LogP contribution in [-0.2, 0) is 17.1 Å². The molecule has 0 unspecified atom stereocenters. The molecule has 2 N–H and O–H groups in total. The van der Waals surface area contributed by atoms with Crippen molar-refractivity contribution in [1.29, 1.82) is 0 Å². The number of unbranched alkanes of at least 4 members (excludes halogenated alkanes) is 9. The van der Waals surface area contributed by atoms with E-state index in [1.54, 1.807) is 0 Å². The minimum absolute atomic E-state index is 0.161. The van der Waals surface area contributed by atoms with Crippen LogP contribution in [0.5, 0.6) is 0 Å². The molecular formula is C19H33O3P. The molecule has 23 heavy (non-hydrogen) atoms. The van der Waals surface area contributed by atoms with Crippen LogP contribution in [0.3, 0.4) is 0 Å². The average molecular weight is 340 g/mol. The van der Waals surface area contributed by atoms with Crippen LogP contribution in [-0.4, -0.2) is 9.79 Å². The molecule has 0 aliphatic rings. The van der Waals surface area contributed by atoms with Gasteiger partial charge in [0.15, 0.2) is 0 Å². The molecular weight excluding hydrogens is 307 g/mol. The van der Waals surface area contributed by atoms with E-state index in [0.29, 0.717) is 5.56 Å². The second-order valence-corrected chi connectivity index (χ2v) is 8.22. The molecule has 1 aromatic carbocycles. The Hall–Kier alpha value is -0.630. The van der Waals surface area contributed by atoms with Crippen molar-refractivity contribution in [2.24, 2.45) is 0 Å². The standard InChI is InChI=1S/C19H33O3P/c1-2-3-4-5-6-7-8-9-10-11-12-18-13-15-19(16-14-18)17-23(20,21)22/h13-16H,2-12,17H2,1H3,(H2,20,21,22). The third kappa shape index (κ3) is 11.5. The van der Waals surface area contributed by atoms with Gasteiger partial charge in [0, 0.05) is 0 Å². The average Bonchev–Trinajstić information content (AvgIpc) is 2.49. The molecule has 1 aromatic rings. The Kier molecular flexibility index (Phi) is 10.5. The molecule has 0 aliphatic carbocycles. The van der Waals surface area contributed by atoms with Crippen LogP contribution in [0.15, 0.2) is 24.3 Å². The van der Waals surface area contributed by atoms with Crippen molar-refractivity contribution in [3.05, 3.63) is 35.4 Å². The molecule has 4 heteroatoms. The summed E-state index contributed by atoms with van der Waals surface area (Å²) in [5.41, 5.74) is 1.98. The third-order valence-corrected chi connectivity index (χ3v) is 5.01. The first-order valence-corrected chi connectivity index (χ1v) is 10.9. The van der Waals surface area contributed by atoms with Crippen LogP contribution in [0.25, 0.3) is 0 Å². The zero-order valence-corrected chi connectivity index (χ0v) is 15.4. The summed E-state index contributed by atoms with van der Waals surface area (Å²) in [7, 11) is -3.95. The molecule has 0 heterocycles. The predicted octanol–water partition coefficient (Wildman–Crippen LogP) is 5.83. The maximum absolute atomic E-state index is 11.0. The van der Waals surface area contributed by atoms with Gasteiger partial charge < -0.3 is 9.79 Å². The van der Waals surface area contributed by atoms with Crippen LogP contribution >= 0.6 is 7.60 Å². The van der Waals surface area contributed by atoms with E-state index >= 15 is 0 Å². The molecule has 0 radical (unpaired) electrons. The van der Waals surface area contributed by atoms with Gasteiger partial charge >= 0.3 is 7.60 Å². The third-order valence-electron chi connectivity index (χ3n) is 4.23. The maximum atomic E-state index is 11.0. The Morgan fingerprint density at radius 1 is 0.739 bits per heavy atom. The van der Waals surface area contributed by atoms with Crippen molar-refractivity contribution in [2.45, 2.75) is 83.7 Å². The summed E-state index contributed by atoms with van der Waals surface area (Å²) in [5, 5.41) is 0. The largest absolute Gasteiger partial charge is 0.329 e. The first kappa shape index (κ1) is 20.4. The van der Waals surface area contributed by atoms with Gasteiger partial charge in [0.05, 0.1) is 6.16 Å². The zero-order valence-electron chi connectivity index (χ0n) is 14.5. The van der Waals surface area contributed by atoms with E-state index in [1.807, 2.05) is 24.3 Å². The lowest BCUT2D eigenvalue weighted by atomic mass is 10.0. The summed E-state index contributed by atoms with van der Waals surface area (Å²) >= 11 is 0. The van der Waals surface area contributed by atoms with Crippen LogP contribution < -0.4 is 0 Å². The molecule has 132 valence electrons. The number of hydrogen-bond donors (Lipinski definition) is 2. The number of benzene rings is 1. The van der Waals surface area contributed by atoms with Gasteiger partial charge in [-0.1, -0.05) is 89.0 Å². The fraction of sp³-hybridized carbons (Fsp3) is 0.684. The highest BCUT2D eigenvalue weighted by Crippen LogP contribution is 2.38. The fourth-order valence-corrected chi connectivity index (χ4v) is 3.55. The maximum Gasteiger partial charge on any atom is 0.329 e. The SMILES string of the molecule is CCCCCCCCCCCCc1ccc(CP(=O)(O)O)cc1. The van der Waals surface area contributed by atoms with Gasteiger partial charge in [-0.25, -0.2) is 0 Å². The fourth-order valence-electron chi connectivity index (χ4n) is 2.87. The molecule has 0 spiro atoms. The van der Waals surface area contributed by atoms with E-state index in [9.17, 15) is 4.57 Å². The van der Waals surface area contributed by atoms with E-state index in [1.165, 1.54) is 69.8 Å². The van der Waals surface area contributed by atoms with E-state index < -0.39 is 7.60 Å². The molecule has 0 amide bonds. The smallest absolute Gasteiger partial charge is 0.324 e. The summed E-state index contributed by atoms with van der Waals surface area (Å²) in [4.78, 5) is 17.9. The van der Waals surface area contributed by atoms with Crippen molar-refractivity contribution in [2.75, 3.05) is 0 Å². The Bertz CT molecular complexity index is 450. The van der Waals surface area contributed by atoms with Gasteiger partial charge in [0.25, 0.3) is 0 Å². The summed E-state index contributed by atoms with van der Waals surface area (Å²) in [6, 6.07) is 7.67. The van der Waals surface area contributed by atoms with Crippen molar-refractivity contribution in [1.82, 2.24) is 0 Å². The van der Waals surface area contributed by atoms with Gasteiger partial charge in [0.1, 0.15) is 0 Å². The molecule has 0 bridgehead atoms. The molecule has 0 aliphatic heterocycles. The topological polar surface area (TPSA) is 57.5 Å². The quantitative estimate of drug-likeness (QED) is 0.351. The minimum atomic E-state index is -3.95. The van der Waals surface area contributed by atoms with Crippen molar-refractivity contribution >= 4 is 7.60 Å². The molecule has 0 aromatic heterocycles. The van der Waals surface area contributed by atoms with Crippen LogP contribution in [0.4, 0.5) is 0 Å². The van der Waals surface area contributed by atoms with Crippen LogP contribution in [0.1, 0.15) is 82.3 Å². The highest BCUT2D eigenvalue weighted by Gasteiger charge is 2.13. The summed E-state index contributed by atoms with van der Waals surface area (Å²) in [5.74, 6) is 0. The highest BCUT2D eigenvalue weighted by atomic mass is 31.2. The molecule has 3 nitrogen and oxygen atoms in total. The van der Waals surface area contributed by atoms with Crippen molar-refractivity contribution in [3.63, 3.8) is 0 Å². The van der Waals surface area contributed by atoms with Gasteiger partial charge in [-0.2, -0.15) is 0 Å². The normalized spacial score (nSPS) is 11.8. The lowest BCUT2D eigenvalue weighted by Crippen LogP contribution is -1.90. The first-order chi connectivity index (χ1) is 11.0. The lowest BCUT2D eigenvalue weighted by molar-refractivity contribution is 0.371. The second kappa shape index (κ2) is 11.8. The monoisotopic (exact) mass is 340 g/mol. The van der Waals surface area contributed by atoms with Gasteiger partial charge in [-0.15, -0.1) is 0 Å². The highest BCUT2D eigenvalue weighted by molar-refractivity contribution is 7.50. The molecule has 0 atom stereocenters. The second-order valence-electron chi connectivity index (χ2n) is 6.57. The summed E-state index contributed by atoms with van der Waals surface area (Å²) < 4.78 is 11.0. The predicted molar refractivity (Wildman–Crippen MR) is 97.7 cm³/mol. The minimum Gasteiger partial charge on any atom is -0.324 e. The van der Waals surface area contributed by atoms with E-state index in [0.717, 1.165) is 6.42 Å². The summed E-state index contributed by atoms with van der Waals surface area (Å²) in [6.45, 7) is 2.26. The number of hydrogen-bond acceptors (Lipinski definition) is 1. The van der Waals surface area contributed by atoms with Gasteiger partial charge in [-0.05, 0) is 24.0 Å². The van der Waals surface area contributed by atoms with E-state index in [2.05, 4.69) is 6.92 Å². The molecule has 0 saturated carbocycles. The van der Waals surface area contributed by atoms with Gasteiger partial charge in [-0.3, -0.25) is 4.57 Å². The lowest BCUT2D eigenvalue weighted by Gasteiger charge is -2.06. The number of aryl methyl sites for hydroxylation is 1. The Labute approximate surface area is 141 Å². The number of rotatable bonds is 13. The van der Waals surface area contributed by atoms with E-state index in [4.69, 9.17) is 9.79 Å². The van der Waals surface area contributed by atoms with E-state index in [-0.39, 0.29) is 6.16 Å². The van der Waals surface area contributed by atoms with Crippen molar-refractivity contribution < 1.29 is 14.4 Å². The Morgan fingerprint density at radius 2 is 1.17 bits per heavy atom. The summed E-state index contributed by atoms with van der Waals surface area (Å²) in [6.07, 6.45) is 14.3. The molecule has 1 rings (SSSR count). The zero-order chi connectivity index (χ0) is 17.0. The molecule has 0 fully saturated rings. The Morgan fingerprint density at radius 3 is 1.65 bits per heavy atom. The van der Waals surface area contributed by atoms with Crippen LogP contribution in [0.2, 0.25) is 0 Å². The van der Waals surface area contributed by atoms with Crippen LogP contribution in [0, 0.1) is 0 Å². The van der Waals surface area contributed by atoms with Crippen molar-refractivity contribution in [3.8, 4) is 0 Å². The van der Waals surface area contributed by atoms with Gasteiger partial charge in [0.2, 0.25) is 0 Å².